The van der Waals surface area contributed by atoms with Gasteiger partial charge >= 0.3 is 0 Å². The average molecular weight is 281 g/mol. The van der Waals surface area contributed by atoms with Gasteiger partial charge in [-0.25, -0.2) is 0 Å². The molecule has 0 amide bonds. The fraction of sp³-hybridized carbons (Fsp3) is 0.118. The standard InChI is InChI=1S/C17H15NOS/c18-10-8-12-4-1-2-6-14(12)16(19)15-7-3-5-13-9-11-20-17(13)15/h1-7,9,11H,8,10,18H2. The lowest BCUT2D eigenvalue weighted by molar-refractivity contribution is 0.103. The van der Waals surface area contributed by atoms with E-state index in [4.69, 9.17) is 5.73 Å². The van der Waals surface area contributed by atoms with Gasteiger partial charge in [-0.1, -0.05) is 36.4 Å². The summed E-state index contributed by atoms with van der Waals surface area (Å²) in [5.74, 6) is 0.0853. The fourth-order valence-electron chi connectivity index (χ4n) is 2.43. The minimum atomic E-state index is 0.0853. The molecule has 3 heteroatoms. The van der Waals surface area contributed by atoms with Crippen LogP contribution in [0.15, 0.2) is 53.9 Å². The highest BCUT2D eigenvalue weighted by atomic mass is 32.1. The van der Waals surface area contributed by atoms with Crippen LogP contribution in [-0.2, 0) is 6.42 Å². The van der Waals surface area contributed by atoms with Crippen LogP contribution in [0.1, 0.15) is 21.5 Å². The molecule has 0 bridgehead atoms. The van der Waals surface area contributed by atoms with Crippen LogP contribution < -0.4 is 5.73 Å². The molecule has 0 unspecified atom stereocenters. The molecule has 0 aliphatic heterocycles. The van der Waals surface area contributed by atoms with Crippen molar-refractivity contribution in [2.75, 3.05) is 6.54 Å². The summed E-state index contributed by atoms with van der Waals surface area (Å²) in [7, 11) is 0. The van der Waals surface area contributed by atoms with Crippen molar-refractivity contribution in [2.45, 2.75) is 6.42 Å². The lowest BCUT2D eigenvalue weighted by Crippen LogP contribution is -2.10. The van der Waals surface area contributed by atoms with Gasteiger partial charge in [-0.3, -0.25) is 4.79 Å². The second-order valence-electron chi connectivity index (χ2n) is 4.67. The van der Waals surface area contributed by atoms with E-state index in [2.05, 4.69) is 0 Å². The summed E-state index contributed by atoms with van der Waals surface area (Å²) in [5.41, 5.74) is 8.20. The van der Waals surface area contributed by atoms with Crippen molar-refractivity contribution in [2.24, 2.45) is 5.73 Å². The highest BCUT2D eigenvalue weighted by Gasteiger charge is 2.15. The van der Waals surface area contributed by atoms with Gasteiger partial charge < -0.3 is 5.73 Å². The molecule has 100 valence electrons. The second kappa shape index (κ2) is 5.57. The van der Waals surface area contributed by atoms with E-state index in [0.717, 1.165) is 33.2 Å². The molecular formula is C17H15NOS. The number of fused-ring (bicyclic) bond motifs is 1. The lowest BCUT2D eigenvalue weighted by Gasteiger charge is -2.08. The van der Waals surface area contributed by atoms with Crippen LogP contribution >= 0.6 is 11.3 Å². The van der Waals surface area contributed by atoms with Gasteiger partial charge in [0.15, 0.2) is 5.78 Å². The third-order valence-corrected chi connectivity index (χ3v) is 4.36. The van der Waals surface area contributed by atoms with E-state index >= 15 is 0 Å². The molecule has 0 radical (unpaired) electrons. The molecule has 1 heterocycles. The number of carbonyl (C=O) groups is 1. The molecule has 2 nitrogen and oxygen atoms in total. The zero-order chi connectivity index (χ0) is 13.9. The van der Waals surface area contributed by atoms with Crippen molar-refractivity contribution in [3.63, 3.8) is 0 Å². The number of ketones is 1. The predicted octanol–water partition coefficient (Wildman–Crippen LogP) is 3.63. The molecule has 0 spiro atoms. The van der Waals surface area contributed by atoms with Crippen LogP contribution in [0.5, 0.6) is 0 Å². The van der Waals surface area contributed by atoms with Crippen LogP contribution in [0.2, 0.25) is 0 Å². The summed E-state index contributed by atoms with van der Waals surface area (Å²) < 4.78 is 1.06. The largest absolute Gasteiger partial charge is 0.330 e. The molecule has 2 N–H and O–H groups in total. The van der Waals surface area contributed by atoms with Gasteiger partial charge in [-0.15, -0.1) is 11.3 Å². The molecule has 0 atom stereocenters. The van der Waals surface area contributed by atoms with Crippen molar-refractivity contribution in [3.05, 3.63) is 70.6 Å². The SMILES string of the molecule is NCCc1ccccc1C(=O)c1cccc2ccsc12. The minimum absolute atomic E-state index is 0.0853. The van der Waals surface area contributed by atoms with E-state index in [1.54, 1.807) is 11.3 Å². The van der Waals surface area contributed by atoms with Gasteiger partial charge in [-0.2, -0.15) is 0 Å². The van der Waals surface area contributed by atoms with Gasteiger partial charge in [0.1, 0.15) is 0 Å². The summed E-state index contributed by atoms with van der Waals surface area (Å²) in [6.07, 6.45) is 0.725. The maximum atomic E-state index is 12.8. The fourth-order valence-corrected chi connectivity index (χ4v) is 3.34. The molecule has 1 aromatic heterocycles. The first-order valence-corrected chi connectivity index (χ1v) is 7.48. The Hall–Kier alpha value is -1.97. The van der Waals surface area contributed by atoms with Gasteiger partial charge in [0.25, 0.3) is 0 Å². The van der Waals surface area contributed by atoms with E-state index in [0.29, 0.717) is 6.54 Å². The van der Waals surface area contributed by atoms with Crippen molar-refractivity contribution < 1.29 is 4.79 Å². The monoisotopic (exact) mass is 281 g/mol. The highest BCUT2D eigenvalue weighted by Crippen LogP contribution is 2.27. The summed E-state index contributed by atoms with van der Waals surface area (Å²) >= 11 is 1.61. The Morgan fingerprint density at radius 3 is 2.65 bits per heavy atom. The highest BCUT2D eigenvalue weighted by molar-refractivity contribution is 7.17. The molecular weight excluding hydrogens is 266 g/mol. The molecule has 0 saturated carbocycles. The number of rotatable bonds is 4. The lowest BCUT2D eigenvalue weighted by atomic mass is 9.96. The van der Waals surface area contributed by atoms with Gasteiger partial charge in [0.05, 0.1) is 0 Å². The smallest absolute Gasteiger partial charge is 0.194 e. The summed E-state index contributed by atoms with van der Waals surface area (Å²) in [5, 5.41) is 3.14. The summed E-state index contributed by atoms with van der Waals surface area (Å²) in [6, 6.07) is 15.6. The van der Waals surface area contributed by atoms with Crippen LogP contribution in [0.25, 0.3) is 10.1 Å². The van der Waals surface area contributed by atoms with Crippen LogP contribution in [0.3, 0.4) is 0 Å². The third kappa shape index (κ3) is 2.26. The maximum Gasteiger partial charge on any atom is 0.194 e. The van der Waals surface area contributed by atoms with Crippen molar-refractivity contribution in [1.82, 2.24) is 0 Å². The Morgan fingerprint density at radius 1 is 1.00 bits per heavy atom. The van der Waals surface area contributed by atoms with Crippen LogP contribution in [0, 0.1) is 0 Å². The summed E-state index contributed by atoms with van der Waals surface area (Å²) in [4.78, 5) is 12.8. The Bertz CT molecular complexity index is 760. The maximum absolute atomic E-state index is 12.8. The quantitative estimate of drug-likeness (QED) is 0.742. The first kappa shape index (κ1) is 13.0. The van der Waals surface area contributed by atoms with E-state index < -0.39 is 0 Å². The number of hydrogen-bond donors (Lipinski definition) is 1. The first-order valence-electron chi connectivity index (χ1n) is 6.60. The topological polar surface area (TPSA) is 43.1 Å². The normalized spacial score (nSPS) is 10.8. The Kier molecular flexibility index (Phi) is 3.63. The van der Waals surface area contributed by atoms with Crippen molar-refractivity contribution in [1.29, 1.82) is 0 Å². The van der Waals surface area contributed by atoms with Crippen LogP contribution in [0.4, 0.5) is 0 Å². The van der Waals surface area contributed by atoms with Gasteiger partial charge in [0.2, 0.25) is 0 Å². The Balaban J connectivity index is 2.11. The Labute approximate surface area is 121 Å². The van der Waals surface area contributed by atoms with Gasteiger partial charge in [-0.05, 0) is 41.4 Å². The number of hydrogen-bond acceptors (Lipinski definition) is 3. The van der Waals surface area contributed by atoms with E-state index in [1.165, 1.54) is 0 Å². The molecule has 0 saturated heterocycles. The predicted molar refractivity (Wildman–Crippen MR) is 84.5 cm³/mol. The van der Waals surface area contributed by atoms with Crippen molar-refractivity contribution >= 4 is 27.2 Å². The molecule has 0 aliphatic rings. The molecule has 3 aromatic rings. The van der Waals surface area contributed by atoms with E-state index in [1.807, 2.05) is 53.9 Å². The number of carbonyl (C=O) groups excluding carboxylic acids is 1. The minimum Gasteiger partial charge on any atom is -0.330 e. The zero-order valence-corrected chi connectivity index (χ0v) is 11.8. The number of thiophene rings is 1. The molecule has 0 fully saturated rings. The molecule has 0 aliphatic carbocycles. The van der Waals surface area contributed by atoms with E-state index in [9.17, 15) is 4.79 Å². The number of benzene rings is 2. The van der Waals surface area contributed by atoms with Crippen LogP contribution in [-0.4, -0.2) is 12.3 Å². The molecule has 20 heavy (non-hydrogen) atoms. The average Bonchev–Trinajstić information content (AvgIpc) is 2.96. The second-order valence-corrected chi connectivity index (χ2v) is 5.59. The molecule has 2 aromatic carbocycles. The van der Waals surface area contributed by atoms with E-state index in [-0.39, 0.29) is 5.78 Å². The third-order valence-electron chi connectivity index (χ3n) is 3.40. The summed E-state index contributed by atoms with van der Waals surface area (Å²) in [6.45, 7) is 0.549. The van der Waals surface area contributed by atoms with Crippen molar-refractivity contribution in [3.8, 4) is 0 Å². The molecule has 3 rings (SSSR count). The first-order chi connectivity index (χ1) is 9.81. The van der Waals surface area contributed by atoms with Gasteiger partial charge in [0, 0.05) is 15.8 Å². The Morgan fingerprint density at radius 2 is 1.80 bits per heavy atom. The zero-order valence-electron chi connectivity index (χ0n) is 11.0. The number of nitrogens with two attached hydrogens (primary N) is 1.